The first-order chi connectivity index (χ1) is 15.6. The lowest BCUT2D eigenvalue weighted by Gasteiger charge is -2.13. The van der Waals surface area contributed by atoms with Crippen LogP contribution >= 0.6 is 11.6 Å². The van der Waals surface area contributed by atoms with E-state index in [-0.39, 0.29) is 12.3 Å². The number of carbonyl (C=O) groups is 1. The van der Waals surface area contributed by atoms with Gasteiger partial charge in [0.2, 0.25) is 5.91 Å². The first-order valence-corrected chi connectivity index (χ1v) is 10.6. The van der Waals surface area contributed by atoms with Gasteiger partial charge in [-0.15, -0.1) is 0 Å². The van der Waals surface area contributed by atoms with E-state index >= 15 is 0 Å². The average molecular weight is 447 g/mol. The van der Waals surface area contributed by atoms with Crippen molar-refractivity contribution in [1.29, 1.82) is 0 Å². The molecule has 0 radical (unpaired) electrons. The summed E-state index contributed by atoms with van der Waals surface area (Å²) < 4.78 is 7.87. The fourth-order valence-electron chi connectivity index (χ4n) is 3.29. The van der Waals surface area contributed by atoms with Gasteiger partial charge in [-0.25, -0.2) is 0 Å². The highest BCUT2D eigenvalue weighted by Crippen LogP contribution is 2.25. The number of amides is 1. The number of carbonyl (C=O) groups excluding carboxylic acids is 1. The molecular formula is C25H23ClN4O2. The quantitative estimate of drug-likeness (QED) is 0.411. The molecule has 2 aromatic carbocycles. The number of aryl methyl sites for hydroxylation is 1. The second-order valence-corrected chi connectivity index (χ2v) is 7.84. The first-order valence-electron chi connectivity index (χ1n) is 10.3. The predicted octanol–water partition coefficient (Wildman–Crippen LogP) is 5.05. The summed E-state index contributed by atoms with van der Waals surface area (Å²) in [5.41, 5.74) is 3.61. The zero-order valence-electron chi connectivity index (χ0n) is 17.7. The van der Waals surface area contributed by atoms with Crippen LogP contribution in [0.25, 0.3) is 0 Å². The lowest BCUT2D eigenvalue weighted by molar-refractivity contribution is -0.115. The minimum Gasteiger partial charge on any atom is -0.489 e. The maximum atomic E-state index is 12.3. The number of halogens is 1. The Bertz CT molecular complexity index is 1190. The van der Waals surface area contributed by atoms with Crippen molar-refractivity contribution in [2.24, 2.45) is 0 Å². The summed E-state index contributed by atoms with van der Waals surface area (Å²) in [6, 6.07) is 22.9. The van der Waals surface area contributed by atoms with Crippen LogP contribution in [0.1, 0.15) is 22.5 Å². The average Bonchev–Trinajstić information content (AvgIpc) is 3.13. The molecule has 0 saturated carbocycles. The zero-order chi connectivity index (χ0) is 22.3. The molecule has 0 fully saturated rings. The maximum absolute atomic E-state index is 12.3. The molecule has 0 aliphatic carbocycles. The lowest BCUT2D eigenvalue weighted by Crippen LogP contribution is -2.16. The van der Waals surface area contributed by atoms with Crippen LogP contribution in [-0.4, -0.2) is 20.7 Å². The van der Waals surface area contributed by atoms with Gasteiger partial charge in [0.05, 0.1) is 13.0 Å². The number of nitrogens with zero attached hydrogens (tertiary/aromatic N) is 3. The van der Waals surface area contributed by atoms with Crippen LogP contribution in [0.3, 0.4) is 0 Å². The molecule has 2 aromatic heterocycles. The summed E-state index contributed by atoms with van der Waals surface area (Å²) in [6.07, 6.45) is 1.86. The van der Waals surface area contributed by atoms with Gasteiger partial charge in [0.15, 0.2) is 5.82 Å². The number of aromatic nitrogens is 3. The molecule has 0 spiro atoms. The van der Waals surface area contributed by atoms with E-state index in [2.05, 4.69) is 15.4 Å². The topological polar surface area (TPSA) is 69.0 Å². The summed E-state index contributed by atoms with van der Waals surface area (Å²) >= 11 is 6.24. The summed E-state index contributed by atoms with van der Waals surface area (Å²) in [6.45, 7) is 2.87. The van der Waals surface area contributed by atoms with Crippen molar-refractivity contribution in [2.75, 3.05) is 5.32 Å². The van der Waals surface area contributed by atoms with Crippen molar-refractivity contribution < 1.29 is 9.53 Å². The van der Waals surface area contributed by atoms with Crippen molar-refractivity contribution in [3.63, 3.8) is 0 Å². The second kappa shape index (κ2) is 10.1. The highest BCUT2D eigenvalue weighted by atomic mass is 35.5. The molecule has 0 saturated heterocycles. The minimum atomic E-state index is -0.164. The van der Waals surface area contributed by atoms with Crippen molar-refractivity contribution >= 4 is 23.3 Å². The standard InChI is InChI=1S/C25H23ClN4O2/c1-18-13-24(28-25(31)15-22-9-5-6-12-27-22)29-30(18)16-20-14-21(26)10-11-23(20)32-17-19-7-3-2-4-8-19/h2-14H,15-17H2,1H3,(H,28,29,31). The van der Waals surface area contributed by atoms with E-state index in [9.17, 15) is 4.79 Å². The van der Waals surface area contributed by atoms with E-state index in [1.807, 2.05) is 84.4 Å². The largest absolute Gasteiger partial charge is 0.489 e. The third-order valence-electron chi connectivity index (χ3n) is 4.90. The highest BCUT2D eigenvalue weighted by molar-refractivity contribution is 6.30. The number of rotatable bonds is 8. The molecule has 1 N–H and O–H groups in total. The smallest absolute Gasteiger partial charge is 0.231 e. The maximum Gasteiger partial charge on any atom is 0.231 e. The summed E-state index contributed by atoms with van der Waals surface area (Å²) in [4.78, 5) is 16.5. The lowest BCUT2D eigenvalue weighted by atomic mass is 10.2. The Morgan fingerprint density at radius 2 is 1.88 bits per heavy atom. The van der Waals surface area contributed by atoms with Gasteiger partial charge in [0.1, 0.15) is 12.4 Å². The Labute approximate surface area is 191 Å². The molecule has 162 valence electrons. The third-order valence-corrected chi connectivity index (χ3v) is 5.13. The number of hydrogen-bond acceptors (Lipinski definition) is 4. The SMILES string of the molecule is Cc1cc(NC(=O)Cc2ccccn2)nn1Cc1cc(Cl)ccc1OCc1ccccc1. The van der Waals surface area contributed by atoms with Crippen molar-refractivity contribution in [3.8, 4) is 5.75 Å². The second-order valence-electron chi connectivity index (χ2n) is 7.40. The van der Waals surface area contributed by atoms with E-state index < -0.39 is 0 Å². The normalized spacial score (nSPS) is 10.7. The van der Waals surface area contributed by atoms with Crippen LogP contribution in [0.2, 0.25) is 5.02 Å². The Hall–Kier alpha value is -3.64. The number of nitrogens with one attached hydrogen (secondary N) is 1. The van der Waals surface area contributed by atoms with Gasteiger partial charge in [-0.3, -0.25) is 14.5 Å². The fourth-order valence-corrected chi connectivity index (χ4v) is 3.49. The fraction of sp³-hybridized carbons (Fsp3) is 0.160. The van der Waals surface area contributed by atoms with Gasteiger partial charge < -0.3 is 10.1 Å². The van der Waals surface area contributed by atoms with Crippen LogP contribution in [-0.2, 0) is 24.4 Å². The van der Waals surface area contributed by atoms with Crippen molar-refractivity contribution in [2.45, 2.75) is 26.5 Å². The van der Waals surface area contributed by atoms with Gasteiger partial charge >= 0.3 is 0 Å². The molecule has 4 rings (SSSR count). The monoisotopic (exact) mass is 446 g/mol. The van der Waals surface area contributed by atoms with Crippen molar-refractivity contribution in [3.05, 3.63) is 107 Å². The van der Waals surface area contributed by atoms with E-state index in [1.165, 1.54) is 0 Å². The van der Waals surface area contributed by atoms with Gasteiger partial charge in [0, 0.05) is 34.2 Å². The Morgan fingerprint density at radius 3 is 2.66 bits per heavy atom. The van der Waals surface area contributed by atoms with E-state index in [0.717, 1.165) is 22.6 Å². The Balaban J connectivity index is 1.45. The van der Waals surface area contributed by atoms with Crippen LogP contribution in [0.15, 0.2) is 79.0 Å². The highest BCUT2D eigenvalue weighted by Gasteiger charge is 2.12. The minimum absolute atomic E-state index is 0.164. The number of ether oxygens (including phenoxy) is 1. The molecule has 0 aliphatic heterocycles. The van der Waals surface area contributed by atoms with Crippen LogP contribution in [0.4, 0.5) is 5.82 Å². The van der Waals surface area contributed by atoms with Gasteiger partial charge in [-0.05, 0) is 42.8 Å². The molecule has 7 heteroatoms. The van der Waals surface area contributed by atoms with Crippen LogP contribution in [0.5, 0.6) is 5.75 Å². The zero-order valence-corrected chi connectivity index (χ0v) is 18.4. The molecule has 0 atom stereocenters. The van der Waals surface area contributed by atoms with Crippen LogP contribution in [0, 0.1) is 6.92 Å². The van der Waals surface area contributed by atoms with Gasteiger partial charge in [-0.2, -0.15) is 5.10 Å². The van der Waals surface area contributed by atoms with E-state index in [0.29, 0.717) is 29.7 Å². The van der Waals surface area contributed by atoms with Gasteiger partial charge in [-0.1, -0.05) is 48.0 Å². The molecule has 4 aromatic rings. The number of hydrogen-bond donors (Lipinski definition) is 1. The number of pyridine rings is 1. The van der Waals surface area contributed by atoms with Gasteiger partial charge in [0.25, 0.3) is 0 Å². The Morgan fingerprint density at radius 1 is 1.06 bits per heavy atom. The van der Waals surface area contributed by atoms with E-state index in [1.54, 1.807) is 6.20 Å². The molecule has 1 amide bonds. The number of anilines is 1. The Kier molecular flexibility index (Phi) is 6.82. The molecule has 0 aliphatic rings. The summed E-state index contributed by atoms with van der Waals surface area (Å²) in [5.74, 6) is 1.08. The van der Waals surface area contributed by atoms with Crippen molar-refractivity contribution in [1.82, 2.24) is 14.8 Å². The molecule has 32 heavy (non-hydrogen) atoms. The first kappa shape index (κ1) is 21.6. The molecule has 6 nitrogen and oxygen atoms in total. The molecule has 0 bridgehead atoms. The van der Waals surface area contributed by atoms with E-state index in [4.69, 9.17) is 16.3 Å². The molecular weight excluding hydrogens is 424 g/mol. The third kappa shape index (κ3) is 5.74. The molecule has 0 unspecified atom stereocenters. The van der Waals surface area contributed by atoms with Crippen LogP contribution < -0.4 is 10.1 Å². The summed E-state index contributed by atoms with van der Waals surface area (Å²) in [5, 5.41) is 8.01. The summed E-state index contributed by atoms with van der Waals surface area (Å²) in [7, 11) is 0. The number of benzene rings is 2. The predicted molar refractivity (Wildman–Crippen MR) is 125 cm³/mol. The molecule has 2 heterocycles.